The number of rotatable bonds is 39. The molecule has 0 saturated carbocycles. The van der Waals surface area contributed by atoms with Gasteiger partial charge in [0.05, 0.1) is 12.7 Å². The van der Waals surface area contributed by atoms with E-state index in [2.05, 4.69) is 49.5 Å². The Hall–Kier alpha value is -5.22. The molecular formula is C60H110N10O12. The number of carbonyl (C=O) groups excluding carboxylic acids is 10. The molecule has 1 fully saturated rings. The molecule has 1 heterocycles. The molecule has 0 aromatic carbocycles. The molecule has 10 N–H and O–H groups in total. The molecule has 0 aliphatic carbocycles. The minimum Gasteiger partial charge on any atom is -0.395 e. The van der Waals surface area contributed by atoms with E-state index in [1.807, 2.05) is 18.7 Å². The number of likely N-dealkylation sites (N-methyl/N-ethyl adjacent to an activating group) is 1. The summed E-state index contributed by atoms with van der Waals surface area (Å²) in [6, 6.07) is -7.17. The van der Waals surface area contributed by atoms with Crippen molar-refractivity contribution < 1.29 is 58.2 Å². The second-order valence-corrected chi connectivity index (χ2v) is 25.2. The van der Waals surface area contributed by atoms with Gasteiger partial charge >= 0.3 is 0 Å². The summed E-state index contributed by atoms with van der Waals surface area (Å²) in [7, 11) is 1.80. The van der Waals surface area contributed by atoms with Gasteiger partial charge in [-0.05, 0) is 104 Å². The van der Waals surface area contributed by atoms with E-state index in [1.54, 1.807) is 67.3 Å². The number of unbranched alkanes of at least 4 members (excludes halogenated alkanes) is 5. The predicted molar refractivity (Wildman–Crippen MR) is 317 cm³/mol. The van der Waals surface area contributed by atoms with Crippen LogP contribution < -0.4 is 42.5 Å². The average molecular weight is 1160 g/mol. The quantitative estimate of drug-likeness (QED) is 0.0395. The molecule has 0 spiro atoms. The van der Waals surface area contributed by atoms with Crippen LogP contribution in [0.4, 0.5) is 0 Å². The van der Waals surface area contributed by atoms with Crippen molar-refractivity contribution in [3.05, 3.63) is 0 Å². The van der Waals surface area contributed by atoms with Gasteiger partial charge in [0.15, 0.2) is 0 Å². The summed E-state index contributed by atoms with van der Waals surface area (Å²) in [6.45, 7) is 28.3. The molecule has 82 heavy (non-hydrogen) atoms. The van der Waals surface area contributed by atoms with Gasteiger partial charge in [-0.15, -0.1) is 0 Å². The van der Waals surface area contributed by atoms with Crippen LogP contribution in [0.1, 0.15) is 201 Å². The molecule has 0 aromatic heterocycles. The van der Waals surface area contributed by atoms with Gasteiger partial charge in [0.25, 0.3) is 0 Å². The third-order valence-corrected chi connectivity index (χ3v) is 15.5. The largest absolute Gasteiger partial charge is 0.395 e. The van der Waals surface area contributed by atoms with Gasteiger partial charge in [-0.3, -0.25) is 47.9 Å². The van der Waals surface area contributed by atoms with E-state index in [9.17, 15) is 58.2 Å². The van der Waals surface area contributed by atoms with Crippen molar-refractivity contribution in [2.45, 2.75) is 260 Å². The Morgan fingerprint density at radius 3 is 1.73 bits per heavy atom. The van der Waals surface area contributed by atoms with E-state index < -0.39 is 118 Å². The summed E-state index contributed by atoms with van der Waals surface area (Å²) in [4.78, 5) is 141. The number of aliphatic hydroxyl groups excluding tert-OH is 2. The summed E-state index contributed by atoms with van der Waals surface area (Å²) < 4.78 is 0. The predicted octanol–water partition coefficient (Wildman–Crippen LogP) is 3.53. The highest BCUT2D eigenvalue weighted by atomic mass is 16.3. The monoisotopic (exact) mass is 1160 g/mol. The van der Waals surface area contributed by atoms with Crippen LogP contribution in [0, 0.1) is 29.6 Å². The smallest absolute Gasteiger partial charge is 0.246 e. The number of hydrogen-bond donors (Lipinski definition) is 10. The van der Waals surface area contributed by atoms with E-state index >= 15 is 0 Å². The molecule has 1 saturated heterocycles. The first-order chi connectivity index (χ1) is 38.2. The number of ketones is 1. The molecule has 1 rings (SSSR count). The Bertz CT molecular complexity index is 2090. The fourth-order valence-electron chi connectivity index (χ4n) is 9.93. The van der Waals surface area contributed by atoms with Gasteiger partial charge in [0.1, 0.15) is 53.1 Å². The summed E-state index contributed by atoms with van der Waals surface area (Å²) in [5.74, 6) is -7.59. The molecule has 22 nitrogen and oxygen atoms in total. The average Bonchev–Trinajstić information content (AvgIpc) is 3.89. The molecule has 0 aromatic rings. The molecule has 1 aliphatic rings. The van der Waals surface area contributed by atoms with Crippen molar-refractivity contribution in [3.8, 4) is 0 Å². The minimum atomic E-state index is -1.57. The van der Waals surface area contributed by atoms with Crippen molar-refractivity contribution >= 4 is 58.9 Å². The molecular weight excluding hydrogens is 1050 g/mol. The van der Waals surface area contributed by atoms with Crippen molar-refractivity contribution in [1.29, 1.82) is 0 Å². The fourth-order valence-corrected chi connectivity index (χ4v) is 9.93. The fraction of sp³-hybridized carbons (Fsp3) is 0.833. The number of nitrogens with zero attached hydrogens (tertiary/aromatic N) is 2. The van der Waals surface area contributed by atoms with Gasteiger partial charge in [-0.1, -0.05) is 114 Å². The first-order valence-electron chi connectivity index (χ1n) is 30.4. The number of amides is 9. The lowest BCUT2D eigenvalue weighted by Gasteiger charge is -2.35. The molecule has 11 atom stereocenters. The van der Waals surface area contributed by atoms with Crippen LogP contribution in [0.5, 0.6) is 0 Å². The molecule has 0 radical (unpaired) electrons. The van der Waals surface area contributed by atoms with E-state index in [0.29, 0.717) is 45.3 Å². The van der Waals surface area contributed by atoms with Gasteiger partial charge in [0, 0.05) is 44.4 Å². The van der Waals surface area contributed by atoms with Gasteiger partial charge in [0.2, 0.25) is 53.2 Å². The Morgan fingerprint density at radius 1 is 0.634 bits per heavy atom. The van der Waals surface area contributed by atoms with E-state index in [1.165, 1.54) is 41.0 Å². The van der Waals surface area contributed by atoms with Crippen LogP contribution in [0.25, 0.3) is 0 Å². The highest BCUT2D eigenvalue weighted by molar-refractivity contribution is 5.99. The van der Waals surface area contributed by atoms with E-state index in [0.717, 1.165) is 32.1 Å². The highest BCUT2D eigenvalue weighted by Crippen LogP contribution is 2.24. The van der Waals surface area contributed by atoms with E-state index in [-0.39, 0.29) is 61.9 Å². The SMILES string of the molecule is CCCCCCCCC(C)C(=O)N1CCC[C@H]1C(=O)NC(CC(C)CC(O)CC(=O)CC)C(=O)N[C@@H](C)C(=O)N[C@H](C(=O)N[C@H](C(=O)N[C@H](C(=O)NC(C)(C)C(=O)NC(C)(C)C(=O)NC(C)CN(C)CCO)[C@@H](C)CC)C(C)C)C(C)C. The second-order valence-electron chi connectivity index (χ2n) is 25.2. The maximum Gasteiger partial charge on any atom is 0.246 e. The summed E-state index contributed by atoms with van der Waals surface area (Å²) >= 11 is 0. The first kappa shape index (κ1) is 74.8. The third-order valence-electron chi connectivity index (χ3n) is 15.5. The second kappa shape index (κ2) is 36.5. The van der Waals surface area contributed by atoms with Crippen LogP contribution in [0.15, 0.2) is 0 Å². The molecule has 472 valence electrons. The number of carbonyl (C=O) groups is 10. The van der Waals surface area contributed by atoms with Crippen molar-refractivity contribution in [2.75, 3.05) is 33.3 Å². The topological polar surface area (TPSA) is 314 Å². The molecule has 9 amide bonds. The first-order valence-corrected chi connectivity index (χ1v) is 30.4. The Kier molecular flexibility index (Phi) is 33.3. The van der Waals surface area contributed by atoms with Crippen LogP contribution in [-0.4, -0.2) is 172 Å². The van der Waals surface area contributed by atoms with Crippen LogP contribution in [0.2, 0.25) is 0 Å². The number of Topliss-reactive ketones (excluding diaryl/α,β-unsaturated/α-hetero) is 1. The molecule has 0 bridgehead atoms. The van der Waals surface area contributed by atoms with Crippen LogP contribution in [0.3, 0.4) is 0 Å². The maximum atomic E-state index is 14.2. The maximum absolute atomic E-state index is 14.2. The zero-order valence-electron chi connectivity index (χ0n) is 53.1. The molecule has 1 aliphatic heterocycles. The lowest BCUT2D eigenvalue weighted by Crippen LogP contribution is -2.66. The number of nitrogens with one attached hydrogen (secondary N) is 8. The standard InChI is InChI=1S/C60H110N10O12/c1-18-21-22-23-24-25-27-40(10)56(80)70-29-26-28-46(70)52(76)63-45(33-38(8)32-44(73)34-43(72)20-3)51(75)62-42(12)50(74)64-47(36(4)5)53(77)65-48(37(6)7)54(78)66-49(39(9)19-2)55(79)67-60(15,16)58(82)68-59(13,14)57(81)61-41(11)35-69(17)30-31-71/h36-42,44-49,71,73H,18-35H2,1-17H3,(H,61,81)(H,62,75)(H,63,76)(H,64,74)(H,65,77)(H,66,78)(H,67,79)(H,68,82)/t38?,39-,40?,41?,42-,44?,45?,46-,47-,48-,49-/m0/s1. The highest BCUT2D eigenvalue weighted by Gasteiger charge is 2.42. The Labute approximate surface area is 490 Å². The number of likely N-dealkylation sites (tertiary alicyclic amines) is 1. The normalized spacial score (nSPS) is 17.5. The third kappa shape index (κ3) is 25.7. The number of aliphatic hydroxyl groups is 2. The van der Waals surface area contributed by atoms with Gasteiger partial charge < -0.3 is 62.5 Å². The zero-order chi connectivity index (χ0) is 62.8. The van der Waals surface area contributed by atoms with Gasteiger partial charge in [-0.2, -0.15) is 0 Å². The number of hydrogen-bond acceptors (Lipinski definition) is 13. The summed E-state index contributed by atoms with van der Waals surface area (Å²) in [5, 5.41) is 42.1. The summed E-state index contributed by atoms with van der Waals surface area (Å²) in [5.41, 5.74) is -2.96. The van der Waals surface area contributed by atoms with E-state index in [4.69, 9.17) is 0 Å². The zero-order valence-corrected chi connectivity index (χ0v) is 53.1. The van der Waals surface area contributed by atoms with Crippen molar-refractivity contribution in [3.63, 3.8) is 0 Å². The van der Waals surface area contributed by atoms with Crippen LogP contribution in [-0.2, 0) is 47.9 Å². The van der Waals surface area contributed by atoms with Crippen molar-refractivity contribution in [2.24, 2.45) is 29.6 Å². The van der Waals surface area contributed by atoms with Crippen molar-refractivity contribution in [1.82, 2.24) is 52.3 Å². The summed E-state index contributed by atoms with van der Waals surface area (Å²) in [6.07, 6.45) is 8.09. The minimum absolute atomic E-state index is 0.0330. The lowest BCUT2D eigenvalue weighted by atomic mass is 9.92. The van der Waals surface area contributed by atoms with Gasteiger partial charge in [-0.25, -0.2) is 0 Å². The Morgan fingerprint density at radius 2 is 1.18 bits per heavy atom. The lowest BCUT2D eigenvalue weighted by molar-refractivity contribution is -0.142. The molecule has 5 unspecified atom stereocenters. The molecule has 22 heteroatoms. The Balaban J connectivity index is 3.27. The van der Waals surface area contributed by atoms with Crippen LogP contribution >= 0.6 is 0 Å².